The van der Waals surface area contributed by atoms with Crippen LogP contribution in [0.25, 0.3) is 6.08 Å². The van der Waals surface area contributed by atoms with Crippen LogP contribution in [0.3, 0.4) is 0 Å². The van der Waals surface area contributed by atoms with E-state index in [1.54, 1.807) is 13.2 Å². The van der Waals surface area contributed by atoms with Gasteiger partial charge in [-0.15, -0.1) is 0 Å². The molecule has 148 valence electrons. The molecule has 2 aromatic rings. The number of benzene rings is 2. The summed E-state index contributed by atoms with van der Waals surface area (Å²) < 4.78 is 10.2. The molecule has 0 N–H and O–H groups in total. The highest BCUT2D eigenvalue weighted by molar-refractivity contribution is 5.92. The summed E-state index contributed by atoms with van der Waals surface area (Å²) in [4.78, 5) is 16.8. The molecule has 0 unspecified atom stereocenters. The van der Waals surface area contributed by atoms with E-state index in [4.69, 9.17) is 9.47 Å². The predicted molar refractivity (Wildman–Crippen MR) is 113 cm³/mol. The maximum absolute atomic E-state index is 12.5. The number of nitrogens with zero attached hydrogens (tertiary/aromatic N) is 2. The second-order valence-corrected chi connectivity index (χ2v) is 6.98. The first-order valence-electron chi connectivity index (χ1n) is 9.58. The highest BCUT2D eigenvalue weighted by Crippen LogP contribution is 2.24. The number of ether oxygens (including phenoxy) is 2. The Hall–Kier alpha value is -2.79. The number of carbonyl (C=O) groups excluding carboxylic acids is 1. The predicted octanol–water partition coefficient (Wildman–Crippen LogP) is 3.65. The van der Waals surface area contributed by atoms with Crippen LogP contribution in [0.15, 0.2) is 48.5 Å². The average Bonchev–Trinajstić information content (AvgIpc) is 2.73. The van der Waals surface area contributed by atoms with Crippen LogP contribution in [0.2, 0.25) is 0 Å². The van der Waals surface area contributed by atoms with Gasteiger partial charge in [-0.05, 0) is 54.8 Å². The van der Waals surface area contributed by atoms with E-state index in [0.717, 1.165) is 37.5 Å². The Bertz CT molecular complexity index is 822. The molecular weight excluding hydrogens is 352 g/mol. The molecule has 0 bridgehead atoms. The van der Waals surface area contributed by atoms with Gasteiger partial charge in [-0.1, -0.05) is 24.3 Å². The van der Waals surface area contributed by atoms with Crippen molar-refractivity contribution >= 4 is 17.7 Å². The second-order valence-electron chi connectivity index (χ2n) is 6.98. The number of hydrogen-bond acceptors (Lipinski definition) is 4. The molecule has 1 aliphatic heterocycles. The van der Waals surface area contributed by atoms with Gasteiger partial charge in [0.15, 0.2) is 6.79 Å². The van der Waals surface area contributed by atoms with Gasteiger partial charge in [0.05, 0.1) is 0 Å². The van der Waals surface area contributed by atoms with Crippen LogP contribution in [0.1, 0.15) is 16.7 Å². The highest BCUT2D eigenvalue weighted by atomic mass is 16.7. The van der Waals surface area contributed by atoms with Gasteiger partial charge in [0.1, 0.15) is 5.75 Å². The molecule has 1 aliphatic rings. The van der Waals surface area contributed by atoms with Gasteiger partial charge >= 0.3 is 0 Å². The molecule has 0 aromatic heterocycles. The zero-order valence-corrected chi connectivity index (χ0v) is 16.9. The molecule has 0 radical (unpaired) electrons. The molecule has 1 amide bonds. The van der Waals surface area contributed by atoms with Crippen LogP contribution >= 0.6 is 0 Å². The molecule has 0 spiro atoms. The minimum absolute atomic E-state index is 0.0559. The zero-order chi connectivity index (χ0) is 19.9. The summed E-state index contributed by atoms with van der Waals surface area (Å²) in [5.41, 5.74) is 4.86. The first-order chi connectivity index (χ1) is 13.6. The Morgan fingerprint density at radius 2 is 1.75 bits per heavy atom. The SMILES string of the molecule is COCOc1ccc(/C=C/C(=O)N2CCN(c3cccc(C)c3C)CC2)cc1. The maximum Gasteiger partial charge on any atom is 0.246 e. The molecule has 0 saturated carbocycles. The van der Waals surface area contributed by atoms with Gasteiger partial charge in [0.2, 0.25) is 5.91 Å². The van der Waals surface area contributed by atoms with Crippen LogP contribution in [-0.2, 0) is 9.53 Å². The molecule has 28 heavy (non-hydrogen) atoms. The van der Waals surface area contributed by atoms with E-state index in [0.29, 0.717) is 0 Å². The van der Waals surface area contributed by atoms with Crippen molar-refractivity contribution in [2.24, 2.45) is 0 Å². The van der Waals surface area contributed by atoms with Crippen molar-refractivity contribution in [3.8, 4) is 5.75 Å². The van der Waals surface area contributed by atoms with Gasteiger partial charge in [0.25, 0.3) is 0 Å². The Balaban J connectivity index is 1.53. The lowest BCUT2D eigenvalue weighted by atomic mass is 10.1. The zero-order valence-electron chi connectivity index (χ0n) is 16.9. The van der Waals surface area contributed by atoms with Gasteiger partial charge in [0, 0.05) is 45.1 Å². The lowest BCUT2D eigenvalue weighted by Crippen LogP contribution is -2.48. The molecule has 5 nitrogen and oxygen atoms in total. The van der Waals surface area contributed by atoms with Crippen LogP contribution < -0.4 is 9.64 Å². The molecule has 1 saturated heterocycles. The molecule has 0 aliphatic carbocycles. The van der Waals surface area contributed by atoms with E-state index in [-0.39, 0.29) is 12.7 Å². The molecule has 1 heterocycles. The number of methoxy groups -OCH3 is 1. The fourth-order valence-electron chi connectivity index (χ4n) is 3.32. The maximum atomic E-state index is 12.5. The van der Waals surface area contributed by atoms with Crippen molar-refractivity contribution in [3.05, 3.63) is 65.2 Å². The molecular formula is C23H28N2O3. The highest BCUT2D eigenvalue weighted by Gasteiger charge is 2.20. The molecule has 0 atom stereocenters. The number of hydrogen-bond donors (Lipinski definition) is 0. The first kappa shape index (κ1) is 20.0. The van der Waals surface area contributed by atoms with Gasteiger partial charge < -0.3 is 19.3 Å². The fraction of sp³-hybridized carbons (Fsp3) is 0.348. The minimum Gasteiger partial charge on any atom is -0.468 e. The second kappa shape index (κ2) is 9.42. The van der Waals surface area contributed by atoms with Gasteiger partial charge in [-0.25, -0.2) is 0 Å². The molecule has 1 fully saturated rings. The Kier molecular flexibility index (Phi) is 6.71. The Morgan fingerprint density at radius 3 is 2.43 bits per heavy atom. The number of piperazine rings is 1. The quantitative estimate of drug-likeness (QED) is 0.567. The molecule has 5 heteroatoms. The number of carbonyl (C=O) groups is 1. The van der Waals surface area contributed by atoms with Crippen LogP contribution in [0.4, 0.5) is 5.69 Å². The fourth-order valence-corrected chi connectivity index (χ4v) is 3.32. The third-order valence-corrected chi connectivity index (χ3v) is 5.15. The Labute approximate surface area is 167 Å². The van der Waals surface area contributed by atoms with Crippen LogP contribution in [0, 0.1) is 13.8 Å². The first-order valence-corrected chi connectivity index (χ1v) is 9.58. The number of rotatable bonds is 6. The topological polar surface area (TPSA) is 42.0 Å². The number of aryl methyl sites for hydroxylation is 1. The lowest BCUT2D eigenvalue weighted by molar-refractivity contribution is -0.126. The van der Waals surface area contributed by atoms with Crippen molar-refractivity contribution in [3.63, 3.8) is 0 Å². The molecule has 2 aromatic carbocycles. The van der Waals surface area contributed by atoms with Crippen LogP contribution in [0.5, 0.6) is 5.75 Å². The summed E-state index contributed by atoms with van der Waals surface area (Å²) in [6.07, 6.45) is 3.50. The van der Waals surface area contributed by atoms with Gasteiger partial charge in [-0.3, -0.25) is 4.79 Å². The lowest BCUT2D eigenvalue weighted by Gasteiger charge is -2.36. The van der Waals surface area contributed by atoms with Crippen molar-refractivity contribution in [2.75, 3.05) is 45.0 Å². The van der Waals surface area contributed by atoms with Crippen molar-refractivity contribution in [1.82, 2.24) is 4.90 Å². The molecule has 3 rings (SSSR count). The minimum atomic E-state index is 0.0559. The Morgan fingerprint density at radius 1 is 1.04 bits per heavy atom. The van der Waals surface area contributed by atoms with Crippen molar-refractivity contribution < 1.29 is 14.3 Å². The summed E-state index contributed by atoms with van der Waals surface area (Å²) in [5, 5.41) is 0. The van der Waals surface area contributed by atoms with E-state index in [1.165, 1.54) is 16.8 Å². The van der Waals surface area contributed by atoms with E-state index in [2.05, 4.69) is 36.9 Å². The largest absolute Gasteiger partial charge is 0.468 e. The van der Waals surface area contributed by atoms with E-state index in [1.807, 2.05) is 35.2 Å². The standard InChI is InChI=1S/C23H28N2O3/c1-18-5-4-6-22(19(18)2)24-13-15-25(16-14-24)23(26)12-9-20-7-10-21(11-8-20)28-17-27-3/h4-12H,13-17H2,1-3H3/b12-9+. The van der Waals surface area contributed by atoms with Crippen LogP contribution in [-0.4, -0.2) is 50.9 Å². The van der Waals surface area contributed by atoms with E-state index >= 15 is 0 Å². The van der Waals surface area contributed by atoms with E-state index in [9.17, 15) is 4.79 Å². The monoisotopic (exact) mass is 380 g/mol. The van der Waals surface area contributed by atoms with Crippen molar-refractivity contribution in [2.45, 2.75) is 13.8 Å². The summed E-state index contributed by atoms with van der Waals surface area (Å²) in [7, 11) is 1.59. The third kappa shape index (κ3) is 4.93. The summed E-state index contributed by atoms with van der Waals surface area (Å²) in [6.45, 7) is 7.71. The van der Waals surface area contributed by atoms with E-state index < -0.39 is 0 Å². The summed E-state index contributed by atoms with van der Waals surface area (Å²) in [5.74, 6) is 0.799. The summed E-state index contributed by atoms with van der Waals surface area (Å²) in [6, 6.07) is 14.0. The smallest absolute Gasteiger partial charge is 0.246 e. The average molecular weight is 380 g/mol. The van der Waals surface area contributed by atoms with Crippen molar-refractivity contribution in [1.29, 1.82) is 0 Å². The normalized spacial score (nSPS) is 14.5. The van der Waals surface area contributed by atoms with Gasteiger partial charge in [-0.2, -0.15) is 0 Å². The summed E-state index contributed by atoms with van der Waals surface area (Å²) >= 11 is 0. The third-order valence-electron chi connectivity index (χ3n) is 5.15. The number of anilines is 1. The number of amides is 1.